The zero-order chi connectivity index (χ0) is 15.2. The summed E-state index contributed by atoms with van der Waals surface area (Å²) in [5.41, 5.74) is 1.70. The van der Waals surface area contributed by atoms with Gasteiger partial charge in [0.25, 0.3) is 0 Å². The van der Waals surface area contributed by atoms with Gasteiger partial charge in [-0.2, -0.15) is 0 Å². The Morgan fingerprint density at radius 3 is 2.45 bits per heavy atom. The lowest BCUT2D eigenvalue weighted by atomic mass is 10.0. The third-order valence-electron chi connectivity index (χ3n) is 2.73. The van der Waals surface area contributed by atoms with E-state index in [0.29, 0.717) is 6.42 Å². The number of amides is 1. The van der Waals surface area contributed by atoms with Crippen LogP contribution in [0.15, 0.2) is 24.3 Å². The molecule has 0 radical (unpaired) electrons. The molecule has 1 atom stereocenters. The summed E-state index contributed by atoms with van der Waals surface area (Å²) in [7, 11) is 0. The Morgan fingerprint density at radius 1 is 1.30 bits per heavy atom. The second-order valence-corrected chi connectivity index (χ2v) is 5.88. The number of nitrogens with one attached hydrogen (secondary N) is 1. The minimum Gasteiger partial charge on any atom is -0.444 e. The van der Waals surface area contributed by atoms with Gasteiger partial charge in [-0.15, -0.1) is 0 Å². The number of aliphatic hydroxyl groups excluding tert-OH is 1. The Hall–Kier alpha value is -1.55. The van der Waals surface area contributed by atoms with Crippen LogP contribution in [0.3, 0.4) is 0 Å². The molecular formula is C16H25NO3. The number of rotatable bonds is 5. The third kappa shape index (κ3) is 6.06. The lowest BCUT2D eigenvalue weighted by Gasteiger charge is -2.22. The van der Waals surface area contributed by atoms with Gasteiger partial charge in [0.05, 0.1) is 0 Å². The summed E-state index contributed by atoms with van der Waals surface area (Å²) in [6.45, 7) is 7.48. The Labute approximate surface area is 121 Å². The van der Waals surface area contributed by atoms with Crippen molar-refractivity contribution in [1.29, 1.82) is 0 Å². The minimum absolute atomic E-state index is 0.384. The Kier molecular flexibility index (Phi) is 6.02. The van der Waals surface area contributed by atoms with E-state index in [2.05, 4.69) is 18.3 Å². The molecule has 20 heavy (non-hydrogen) atoms. The maximum Gasteiger partial charge on any atom is 0.409 e. The van der Waals surface area contributed by atoms with Gasteiger partial charge in [-0.25, -0.2) is 4.79 Å². The number of carbonyl (C=O) groups is 1. The van der Waals surface area contributed by atoms with E-state index in [9.17, 15) is 9.90 Å². The molecule has 2 N–H and O–H groups in total. The van der Waals surface area contributed by atoms with E-state index in [1.165, 1.54) is 5.56 Å². The van der Waals surface area contributed by atoms with Crippen molar-refractivity contribution in [3.63, 3.8) is 0 Å². The van der Waals surface area contributed by atoms with Gasteiger partial charge >= 0.3 is 6.09 Å². The minimum atomic E-state index is -0.942. The first-order valence-corrected chi connectivity index (χ1v) is 7.06. The molecule has 0 aromatic heterocycles. The molecule has 1 unspecified atom stereocenters. The van der Waals surface area contributed by atoms with Crippen LogP contribution in [0.1, 0.15) is 45.2 Å². The zero-order valence-electron chi connectivity index (χ0n) is 12.8. The summed E-state index contributed by atoms with van der Waals surface area (Å²) >= 11 is 0. The highest BCUT2D eigenvalue weighted by molar-refractivity contribution is 5.67. The first kappa shape index (κ1) is 16.5. The maximum absolute atomic E-state index is 11.6. The molecule has 1 aromatic rings. The molecule has 1 rings (SSSR count). The molecule has 112 valence electrons. The van der Waals surface area contributed by atoms with E-state index in [-0.39, 0.29) is 0 Å². The molecule has 4 nitrogen and oxygen atoms in total. The van der Waals surface area contributed by atoms with Gasteiger partial charge in [0.15, 0.2) is 0 Å². The van der Waals surface area contributed by atoms with Crippen LogP contribution in [-0.4, -0.2) is 23.0 Å². The molecule has 0 bridgehead atoms. The highest BCUT2D eigenvalue weighted by Gasteiger charge is 2.18. The highest BCUT2D eigenvalue weighted by atomic mass is 16.6. The highest BCUT2D eigenvalue weighted by Crippen LogP contribution is 2.13. The van der Waals surface area contributed by atoms with Gasteiger partial charge in [-0.05, 0) is 38.3 Å². The molecule has 1 aromatic carbocycles. The summed E-state index contributed by atoms with van der Waals surface area (Å²) < 4.78 is 5.11. The van der Waals surface area contributed by atoms with Gasteiger partial charge < -0.3 is 9.84 Å². The summed E-state index contributed by atoms with van der Waals surface area (Å²) in [5.74, 6) is 0. The monoisotopic (exact) mass is 279 g/mol. The van der Waals surface area contributed by atoms with Gasteiger partial charge in [-0.3, -0.25) is 5.32 Å². The van der Waals surface area contributed by atoms with Crippen molar-refractivity contribution < 1.29 is 14.6 Å². The number of aliphatic hydroxyl groups is 1. The van der Waals surface area contributed by atoms with Gasteiger partial charge in [0, 0.05) is 6.42 Å². The van der Waals surface area contributed by atoms with Crippen molar-refractivity contribution in [3.8, 4) is 0 Å². The first-order chi connectivity index (χ1) is 9.31. The van der Waals surface area contributed by atoms with E-state index in [1.807, 2.05) is 18.2 Å². The second-order valence-electron chi connectivity index (χ2n) is 5.88. The predicted octanol–water partition coefficient (Wildman–Crippen LogP) is 3.02. The lowest BCUT2D eigenvalue weighted by Crippen LogP contribution is -2.40. The van der Waals surface area contributed by atoms with Gasteiger partial charge in [-0.1, -0.05) is 37.6 Å². The van der Waals surface area contributed by atoms with Crippen LogP contribution in [0.4, 0.5) is 4.79 Å². The van der Waals surface area contributed by atoms with Crippen LogP contribution in [0.2, 0.25) is 0 Å². The summed E-state index contributed by atoms with van der Waals surface area (Å²) in [6.07, 6.45) is 0.859. The quantitative estimate of drug-likeness (QED) is 0.815. The smallest absolute Gasteiger partial charge is 0.409 e. The van der Waals surface area contributed by atoms with Crippen molar-refractivity contribution in [3.05, 3.63) is 35.4 Å². The molecule has 0 saturated carbocycles. The van der Waals surface area contributed by atoms with E-state index in [0.717, 1.165) is 18.4 Å². The topological polar surface area (TPSA) is 58.6 Å². The summed E-state index contributed by atoms with van der Waals surface area (Å²) in [6, 6.07) is 7.96. The average molecular weight is 279 g/mol. The van der Waals surface area contributed by atoms with Crippen LogP contribution in [0.25, 0.3) is 0 Å². The van der Waals surface area contributed by atoms with E-state index in [4.69, 9.17) is 4.74 Å². The summed E-state index contributed by atoms with van der Waals surface area (Å²) in [5, 5.41) is 12.4. The molecule has 1 amide bonds. The largest absolute Gasteiger partial charge is 0.444 e. The van der Waals surface area contributed by atoms with Crippen molar-refractivity contribution in [2.75, 3.05) is 0 Å². The third-order valence-corrected chi connectivity index (χ3v) is 2.73. The van der Waals surface area contributed by atoms with Crippen molar-refractivity contribution in [2.45, 2.75) is 58.8 Å². The van der Waals surface area contributed by atoms with Gasteiger partial charge in [0.2, 0.25) is 0 Å². The number of carbonyl (C=O) groups excluding carboxylic acids is 1. The van der Waals surface area contributed by atoms with Crippen molar-refractivity contribution in [2.24, 2.45) is 0 Å². The fourth-order valence-corrected chi connectivity index (χ4v) is 1.97. The molecule has 0 aliphatic heterocycles. The molecule has 4 heteroatoms. The lowest BCUT2D eigenvalue weighted by molar-refractivity contribution is 0.0359. The van der Waals surface area contributed by atoms with E-state index in [1.54, 1.807) is 20.8 Å². The maximum atomic E-state index is 11.6. The molecule has 0 aliphatic rings. The normalized spacial score (nSPS) is 12.8. The second kappa shape index (κ2) is 7.29. The number of hydrogen-bond donors (Lipinski definition) is 2. The number of aryl methyl sites for hydroxylation is 1. The molecule has 0 heterocycles. The zero-order valence-corrected chi connectivity index (χ0v) is 12.8. The van der Waals surface area contributed by atoms with Crippen LogP contribution in [0.5, 0.6) is 0 Å². The van der Waals surface area contributed by atoms with Crippen LogP contribution in [0, 0.1) is 0 Å². The number of ether oxygens (including phenoxy) is 1. The van der Waals surface area contributed by atoms with Crippen molar-refractivity contribution in [1.82, 2.24) is 5.32 Å². The van der Waals surface area contributed by atoms with Gasteiger partial charge in [0.1, 0.15) is 11.8 Å². The Bertz CT molecular complexity index is 438. The molecule has 0 fully saturated rings. The Balaban J connectivity index is 2.58. The van der Waals surface area contributed by atoms with Crippen LogP contribution >= 0.6 is 0 Å². The fraction of sp³-hybridized carbons (Fsp3) is 0.562. The summed E-state index contributed by atoms with van der Waals surface area (Å²) in [4.78, 5) is 11.6. The SMILES string of the molecule is CCCc1ccccc1CC(O)NC(=O)OC(C)(C)C. The Morgan fingerprint density at radius 2 is 1.90 bits per heavy atom. The number of benzene rings is 1. The van der Waals surface area contributed by atoms with Crippen LogP contribution in [-0.2, 0) is 17.6 Å². The van der Waals surface area contributed by atoms with E-state index >= 15 is 0 Å². The van der Waals surface area contributed by atoms with E-state index < -0.39 is 17.9 Å². The van der Waals surface area contributed by atoms with Crippen LogP contribution < -0.4 is 5.32 Å². The number of hydrogen-bond acceptors (Lipinski definition) is 3. The molecule has 0 saturated heterocycles. The number of alkyl carbamates (subject to hydrolysis) is 1. The fourth-order valence-electron chi connectivity index (χ4n) is 1.97. The molecule has 0 spiro atoms. The standard InChI is InChI=1S/C16H25NO3/c1-5-8-12-9-6-7-10-13(12)11-14(18)17-15(19)20-16(2,3)4/h6-7,9-10,14,18H,5,8,11H2,1-4H3,(H,17,19). The molecule has 0 aliphatic carbocycles. The molecular weight excluding hydrogens is 254 g/mol. The first-order valence-electron chi connectivity index (χ1n) is 7.06. The predicted molar refractivity (Wildman–Crippen MR) is 79.5 cm³/mol. The average Bonchev–Trinajstić information content (AvgIpc) is 2.29. The van der Waals surface area contributed by atoms with Crippen molar-refractivity contribution >= 4 is 6.09 Å².